The number of benzene rings is 2. The molecule has 0 radical (unpaired) electrons. The molecule has 1 amide bonds. The van der Waals surface area contributed by atoms with Gasteiger partial charge >= 0.3 is 0 Å². The summed E-state index contributed by atoms with van der Waals surface area (Å²) in [7, 11) is 0. The highest BCUT2D eigenvalue weighted by Gasteiger charge is 2.04. The quantitative estimate of drug-likeness (QED) is 0.654. The molecule has 1 N–H and O–H groups in total. The van der Waals surface area contributed by atoms with Gasteiger partial charge in [-0.05, 0) is 36.2 Å². The van der Waals surface area contributed by atoms with Crippen molar-refractivity contribution < 1.29 is 9.53 Å². The van der Waals surface area contributed by atoms with Crippen molar-refractivity contribution in [2.75, 3.05) is 13.2 Å². The molecule has 0 aliphatic heterocycles. The molecule has 0 aromatic heterocycles. The zero-order chi connectivity index (χ0) is 17.9. The fraction of sp³-hybridized carbons (Fsp3) is 0.143. The minimum absolute atomic E-state index is 0.216. The van der Waals surface area contributed by atoms with Crippen LogP contribution >= 0.6 is 0 Å². The SMILES string of the molecule is C=CCc1ccccc1OCC#CCNC(=O)c1cccc(C#N)c1. The van der Waals surface area contributed by atoms with Gasteiger partial charge in [-0.1, -0.05) is 42.2 Å². The van der Waals surface area contributed by atoms with Gasteiger partial charge in [0.2, 0.25) is 0 Å². The number of amides is 1. The summed E-state index contributed by atoms with van der Waals surface area (Å²) in [5.41, 5.74) is 1.95. The van der Waals surface area contributed by atoms with Gasteiger partial charge in [0, 0.05) is 5.56 Å². The summed E-state index contributed by atoms with van der Waals surface area (Å²) in [6.45, 7) is 4.19. The zero-order valence-electron chi connectivity index (χ0n) is 13.8. The Hall–Kier alpha value is -3.50. The summed E-state index contributed by atoms with van der Waals surface area (Å²) in [6.07, 6.45) is 2.56. The number of nitriles is 1. The third kappa shape index (κ3) is 5.57. The molecule has 0 spiro atoms. The molecular weight excluding hydrogens is 312 g/mol. The largest absolute Gasteiger partial charge is 0.481 e. The number of carbonyl (C=O) groups is 1. The molecule has 0 unspecified atom stereocenters. The molecule has 0 aliphatic carbocycles. The monoisotopic (exact) mass is 330 g/mol. The maximum Gasteiger partial charge on any atom is 0.252 e. The number of ether oxygens (including phenoxy) is 1. The average molecular weight is 330 g/mol. The van der Waals surface area contributed by atoms with E-state index in [0.29, 0.717) is 11.1 Å². The summed E-state index contributed by atoms with van der Waals surface area (Å²) < 4.78 is 5.64. The Morgan fingerprint density at radius 2 is 2.04 bits per heavy atom. The van der Waals surface area contributed by atoms with Crippen LogP contribution in [-0.4, -0.2) is 19.1 Å². The van der Waals surface area contributed by atoms with E-state index in [2.05, 4.69) is 23.7 Å². The van der Waals surface area contributed by atoms with E-state index in [-0.39, 0.29) is 19.1 Å². The van der Waals surface area contributed by atoms with Gasteiger partial charge in [0.25, 0.3) is 5.91 Å². The van der Waals surface area contributed by atoms with Crippen molar-refractivity contribution in [3.05, 3.63) is 77.9 Å². The molecule has 2 aromatic rings. The second-order valence-corrected chi connectivity index (χ2v) is 5.12. The lowest BCUT2D eigenvalue weighted by molar-refractivity contribution is 0.0958. The average Bonchev–Trinajstić information content (AvgIpc) is 2.65. The minimum atomic E-state index is -0.261. The van der Waals surface area contributed by atoms with Crippen LogP contribution in [0.4, 0.5) is 0 Å². The van der Waals surface area contributed by atoms with Crippen molar-refractivity contribution >= 4 is 5.91 Å². The van der Waals surface area contributed by atoms with Crippen LogP contribution < -0.4 is 10.1 Å². The second-order valence-electron chi connectivity index (χ2n) is 5.12. The summed E-state index contributed by atoms with van der Waals surface area (Å²) in [5.74, 6) is 6.24. The van der Waals surface area contributed by atoms with Gasteiger partial charge in [-0.15, -0.1) is 6.58 Å². The fourth-order valence-electron chi connectivity index (χ4n) is 2.15. The maximum absolute atomic E-state index is 12.0. The summed E-state index contributed by atoms with van der Waals surface area (Å²) in [5, 5.41) is 11.5. The first kappa shape index (κ1) is 17.8. The van der Waals surface area contributed by atoms with Gasteiger partial charge in [0.1, 0.15) is 12.4 Å². The van der Waals surface area contributed by atoms with Crippen LogP contribution in [0.3, 0.4) is 0 Å². The summed E-state index contributed by atoms with van der Waals surface area (Å²) >= 11 is 0. The molecule has 0 aliphatic rings. The minimum Gasteiger partial charge on any atom is -0.481 e. The van der Waals surface area contributed by atoms with Crippen LogP contribution in [0.2, 0.25) is 0 Å². The first-order chi connectivity index (χ1) is 12.2. The molecule has 0 saturated heterocycles. The normalized spacial score (nSPS) is 9.24. The molecule has 0 atom stereocenters. The lowest BCUT2D eigenvalue weighted by Crippen LogP contribution is -2.23. The van der Waals surface area contributed by atoms with Gasteiger partial charge in [-0.3, -0.25) is 4.79 Å². The third-order valence-electron chi connectivity index (χ3n) is 3.35. The second kappa shape index (κ2) is 9.60. The van der Waals surface area contributed by atoms with Gasteiger partial charge < -0.3 is 10.1 Å². The topological polar surface area (TPSA) is 62.1 Å². The molecule has 25 heavy (non-hydrogen) atoms. The van der Waals surface area contributed by atoms with Crippen LogP contribution in [0.5, 0.6) is 5.75 Å². The predicted molar refractivity (Wildman–Crippen MR) is 97.1 cm³/mol. The molecule has 0 heterocycles. The van der Waals surface area contributed by atoms with Gasteiger partial charge in [0.15, 0.2) is 0 Å². The number of carbonyl (C=O) groups excluding carboxylic acids is 1. The molecule has 0 bridgehead atoms. The lowest BCUT2D eigenvalue weighted by atomic mass is 10.1. The summed E-state index contributed by atoms with van der Waals surface area (Å²) in [4.78, 5) is 12.0. The van der Waals surface area contributed by atoms with Crippen LogP contribution in [0.25, 0.3) is 0 Å². The molecule has 4 heteroatoms. The van der Waals surface area contributed by atoms with Crippen molar-refractivity contribution in [1.29, 1.82) is 5.26 Å². The van der Waals surface area contributed by atoms with Crippen molar-refractivity contribution in [2.45, 2.75) is 6.42 Å². The number of nitrogens with one attached hydrogen (secondary N) is 1. The van der Waals surface area contributed by atoms with Crippen molar-refractivity contribution in [3.8, 4) is 23.7 Å². The van der Waals surface area contributed by atoms with Crippen LogP contribution in [0.1, 0.15) is 21.5 Å². The van der Waals surface area contributed by atoms with Crippen molar-refractivity contribution in [1.82, 2.24) is 5.32 Å². The van der Waals surface area contributed by atoms with E-state index >= 15 is 0 Å². The Balaban J connectivity index is 1.80. The number of allylic oxidation sites excluding steroid dienone is 1. The summed E-state index contributed by atoms with van der Waals surface area (Å²) in [6, 6.07) is 16.3. The Morgan fingerprint density at radius 1 is 1.20 bits per heavy atom. The number of rotatable bonds is 6. The fourth-order valence-corrected chi connectivity index (χ4v) is 2.15. The molecule has 2 rings (SSSR count). The Bertz CT molecular complexity index is 854. The molecular formula is C21H18N2O2. The Morgan fingerprint density at radius 3 is 2.84 bits per heavy atom. The predicted octanol–water partition coefficient (Wildman–Crippen LogP) is 3.10. The van der Waals surface area contributed by atoms with Crippen molar-refractivity contribution in [2.24, 2.45) is 0 Å². The highest BCUT2D eigenvalue weighted by Crippen LogP contribution is 2.18. The Labute approximate surface area is 147 Å². The number of hydrogen-bond donors (Lipinski definition) is 1. The molecule has 124 valence electrons. The molecule has 0 fully saturated rings. The van der Waals surface area contributed by atoms with E-state index in [9.17, 15) is 4.79 Å². The third-order valence-corrected chi connectivity index (χ3v) is 3.35. The van der Waals surface area contributed by atoms with Crippen LogP contribution in [-0.2, 0) is 6.42 Å². The van der Waals surface area contributed by atoms with Crippen LogP contribution in [0, 0.1) is 23.2 Å². The smallest absolute Gasteiger partial charge is 0.252 e. The van der Waals surface area contributed by atoms with Gasteiger partial charge in [0.05, 0.1) is 18.2 Å². The van der Waals surface area contributed by atoms with E-state index in [0.717, 1.165) is 17.7 Å². The van der Waals surface area contributed by atoms with E-state index in [1.807, 2.05) is 36.4 Å². The highest BCUT2D eigenvalue weighted by atomic mass is 16.5. The van der Waals surface area contributed by atoms with Crippen molar-refractivity contribution in [3.63, 3.8) is 0 Å². The number of para-hydroxylation sites is 1. The number of hydrogen-bond acceptors (Lipinski definition) is 3. The van der Waals surface area contributed by atoms with E-state index < -0.39 is 0 Å². The highest BCUT2D eigenvalue weighted by molar-refractivity contribution is 5.94. The van der Waals surface area contributed by atoms with Crippen LogP contribution in [0.15, 0.2) is 61.2 Å². The van der Waals surface area contributed by atoms with E-state index in [1.165, 1.54) is 0 Å². The van der Waals surface area contributed by atoms with Gasteiger partial charge in [-0.2, -0.15) is 5.26 Å². The zero-order valence-corrected chi connectivity index (χ0v) is 13.8. The van der Waals surface area contributed by atoms with E-state index in [4.69, 9.17) is 10.00 Å². The molecule has 2 aromatic carbocycles. The first-order valence-electron chi connectivity index (χ1n) is 7.80. The Kier molecular flexibility index (Phi) is 6.85. The lowest BCUT2D eigenvalue weighted by Gasteiger charge is -2.07. The molecule has 4 nitrogen and oxygen atoms in total. The first-order valence-corrected chi connectivity index (χ1v) is 7.80. The van der Waals surface area contributed by atoms with Gasteiger partial charge in [-0.25, -0.2) is 0 Å². The molecule has 0 saturated carbocycles. The maximum atomic E-state index is 12.0. The number of nitrogens with zero attached hydrogens (tertiary/aromatic N) is 1. The van der Waals surface area contributed by atoms with E-state index in [1.54, 1.807) is 24.3 Å². The standard InChI is InChI=1S/C21H18N2O2/c1-2-8-18-10-3-4-12-20(18)25-14-6-5-13-23-21(24)19-11-7-9-17(15-19)16-22/h2-4,7,9-12,15H,1,8,13-14H2,(H,23,24).